The highest BCUT2D eigenvalue weighted by molar-refractivity contribution is 7.89. The number of para-hydroxylation sites is 1. The second-order valence-electron chi connectivity index (χ2n) is 9.11. The van der Waals surface area contributed by atoms with Crippen molar-refractivity contribution < 1.29 is 41.1 Å². The van der Waals surface area contributed by atoms with Gasteiger partial charge in [0.15, 0.2) is 0 Å². The van der Waals surface area contributed by atoms with E-state index in [2.05, 4.69) is 10.0 Å². The summed E-state index contributed by atoms with van der Waals surface area (Å²) in [6.07, 6.45) is -0.599. The van der Waals surface area contributed by atoms with Crippen molar-refractivity contribution in [1.29, 1.82) is 0 Å². The molecule has 0 spiro atoms. The summed E-state index contributed by atoms with van der Waals surface area (Å²) in [5.41, 5.74) is -0.839. The maximum atomic E-state index is 13.1. The molecular weight excluding hydrogens is 549 g/mol. The lowest BCUT2D eigenvalue weighted by molar-refractivity contribution is -0.115. The van der Waals surface area contributed by atoms with Crippen molar-refractivity contribution in [3.05, 3.63) is 54.6 Å². The molecule has 2 amide bonds. The second kappa shape index (κ2) is 14.4. The van der Waals surface area contributed by atoms with Gasteiger partial charge < -0.3 is 14.8 Å². The predicted octanol–water partition coefficient (Wildman–Crippen LogP) is 4.29. The lowest BCUT2D eigenvalue weighted by Crippen LogP contribution is -2.50. The van der Waals surface area contributed by atoms with Crippen molar-refractivity contribution in [3.63, 3.8) is 0 Å². The van der Waals surface area contributed by atoms with Crippen LogP contribution in [0.2, 0.25) is 0 Å². The summed E-state index contributed by atoms with van der Waals surface area (Å²) in [6.45, 7) is 7.34. The number of sulfonamides is 1. The number of carbonyl (C=O) groups excluding carboxylic acids is 2. The van der Waals surface area contributed by atoms with E-state index in [1.807, 2.05) is 18.2 Å². The van der Waals surface area contributed by atoms with Crippen LogP contribution >= 0.6 is 7.75 Å². The Morgan fingerprint density at radius 2 is 1.56 bits per heavy atom. The standard InChI is InChI=1S/C25H36N3O9PS/c1-6-34-38(31,35-7-2)28(19-29)18-20(27-24(30)37-25(3,4)5)17-26-39(32,33)23-15-13-22(14-16-23)36-21-11-9-8-10-12-21/h8-16,19-20,26H,6-7,17-18H2,1-5H3,(H,27,30). The van der Waals surface area contributed by atoms with Crippen LogP contribution in [-0.4, -0.2) is 63.5 Å². The lowest BCUT2D eigenvalue weighted by atomic mass is 10.2. The number of nitrogens with one attached hydrogen (secondary N) is 2. The first-order chi connectivity index (χ1) is 18.3. The number of rotatable bonds is 15. The molecule has 0 aliphatic rings. The number of amides is 2. The van der Waals surface area contributed by atoms with Gasteiger partial charge in [-0.05, 0) is 71.0 Å². The van der Waals surface area contributed by atoms with Crippen molar-refractivity contribution >= 4 is 30.3 Å². The molecule has 12 nitrogen and oxygen atoms in total. The Balaban J connectivity index is 2.20. The summed E-state index contributed by atoms with van der Waals surface area (Å²) >= 11 is 0. The molecule has 0 radical (unpaired) electrons. The number of hydrogen-bond donors (Lipinski definition) is 2. The smallest absolute Gasteiger partial charge is 0.437 e. The van der Waals surface area contributed by atoms with Crippen molar-refractivity contribution in [3.8, 4) is 11.5 Å². The highest BCUT2D eigenvalue weighted by Crippen LogP contribution is 2.50. The first-order valence-electron chi connectivity index (χ1n) is 12.3. The quantitative estimate of drug-likeness (QED) is 0.231. The molecule has 2 aromatic rings. The summed E-state index contributed by atoms with van der Waals surface area (Å²) in [5, 5.41) is 2.51. The molecular formula is C25H36N3O9PS. The van der Waals surface area contributed by atoms with Gasteiger partial charge in [0.25, 0.3) is 0 Å². The van der Waals surface area contributed by atoms with Gasteiger partial charge in [0.2, 0.25) is 16.4 Å². The molecule has 0 aliphatic carbocycles. The van der Waals surface area contributed by atoms with Gasteiger partial charge in [-0.25, -0.2) is 27.2 Å². The van der Waals surface area contributed by atoms with E-state index in [0.29, 0.717) is 11.5 Å². The third-order valence-electron chi connectivity index (χ3n) is 4.78. The first-order valence-corrected chi connectivity index (χ1v) is 15.2. The summed E-state index contributed by atoms with van der Waals surface area (Å²) in [7, 11) is -8.09. The minimum atomic E-state index is -4.05. The van der Waals surface area contributed by atoms with E-state index in [-0.39, 0.29) is 31.1 Å². The van der Waals surface area contributed by atoms with Crippen LogP contribution in [0.3, 0.4) is 0 Å². The molecule has 2 N–H and O–H groups in total. The van der Waals surface area contributed by atoms with Crippen LogP contribution < -0.4 is 14.8 Å². The third-order valence-corrected chi connectivity index (χ3v) is 8.28. The minimum absolute atomic E-state index is 0.0115. The molecule has 0 bridgehead atoms. The molecule has 39 heavy (non-hydrogen) atoms. The van der Waals surface area contributed by atoms with E-state index >= 15 is 0 Å². The Hall–Kier alpha value is -2.96. The van der Waals surface area contributed by atoms with Crippen LogP contribution in [0.25, 0.3) is 0 Å². The molecule has 2 rings (SSSR count). The summed E-state index contributed by atoms with van der Waals surface area (Å²) in [5.74, 6) is 1.03. The molecule has 0 fully saturated rings. The zero-order chi connectivity index (χ0) is 29.1. The fraction of sp³-hybridized carbons (Fsp3) is 0.440. The van der Waals surface area contributed by atoms with E-state index in [4.69, 9.17) is 18.5 Å². The Kier molecular flexibility index (Phi) is 11.9. The largest absolute Gasteiger partial charge is 0.457 e. The van der Waals surface area contributed by atoms with Gasteiger partial charge in [-0.15, -0.1) is 0 Å². The van der Waals surface area contributed by atoms with E-state index in [1.165, 1.54) is 24.3 Å². The maximum Gasteiger partial charge on any atom is 0.437 e. The Morgan fingerprint density at radius 1 is 1.00 bits per heavy atom. The SMILES string of the molecule is CCOP(=O)(OCC)N(C=O)CC(CNS(=O)(=O)c1ccc(Oc2ccccc2)cc1)NC(=O)OC(C)(C)C. The van der Waals surface area contributed by atoms with Gasteiger partial charge in [0.1, 0.15) is 17.1 Å². The van der Waals surface area contributed by atoms with Crippen LogP contribution in [0.15, 0.2) is 59.5 Å². The third kappa shape index (κ3) is 10.6. The van der Waals surface area contributed by atoms with Gasteiger partial charge in [0, 0.05) is 6.54 Å². The van der Waals surface area contributed by atoms with Crippen LogP contribution in [0.4, 0.5) is 4.79 Å². The highest BCUT2D eigenvalue weighted by atomic mass is 32.2. The molecule has 1 atom stereocenters. The minimum Gasteiger partial charge on any atom is -0.457 e. The zero-order valence-corrected chi connectivity index (χ0v) is 24.4. The van der Waals surface area contributed by atoms with E-state index < -0.39 is 42.1 Å². The van der Waals surface area contributed by atoms with E-state index in [9.17, 15) is 22.6 Å². The second-order valence-corrected chi connectivity index (χ2v) is 12.8. The molecule has 0 saturated carbocycles. The number of hydrogen-bond acceptors (Lipinski definition) is 9. The van der Waals surface area contributed by atoms with Gasteiger partial charge in [-0.1, -0.05) is 18.2 Å². The molecule has 14 heteroatoms. The van der Waals surface area contributed by atoms with Gasteiger partial charge in [0.05, 0.1) is 30.7 Å². The Morgan fingerprint density at radius 3 is 2.08 bits per heavy atom. The van der Waals surface area contributed by atoms with E-state index in [1.54, 1.807) is 46.8 Å². The Labute approximate surface area is 229 Å². The first kappa shape index (κ1) is 32.3. The molecule has 0 saturated heterocycles. The average Bonchev–Trinajstić information content (AvgIpc) is 2.85. The summed E-state index contributed by atoms with van der Waals surface area (Å²) in [4.78, 5) is 24.2. The Bertz CT molecular complexity index is 1210. The normalized spacial score (nSPS) is 12.8. The van der Waals surface area contributed by atoms with Gasteiger partial charge >= 0.3 is 13.8 Å². The number of nitrogens with zero attached hydrogens (tertiary/aromatic N) is 1. The fourth-order valence-corrected chi connectivity index (χ4v) is 5.80. The summed E-state index contributed by atoms with van der Waals surface area (Å²) in [6, 6.07) is 13.7. The number of benzene rings is 2. The topological polar surface area (TPSA) is 150 Å². The van der Waals surface area contributed by atoms with Crippen LogP contribution in [-0.2, 0) is 33.2 Å². The number of alkyl carbamates (subject to hydrolysis) is 1. The van der Waals surface area contributed by atoms with Crippen molar-refractivity contribution in [2.75, 3.05) is 26.3 Å². The molecule has 0 aromatic heterocycles. The number of ether oxygens (including phenoxy) is 2. The molecule has 0 aliphatic heterocycles. The van der Waals surface area contributed by atoms with Crippen molar-refractivity contribution in [2.24, 2.45) is 0 Å². The van der Waals surface area contributed by atoms with Crippen molar-refractivity contribution in [1.82, 2.24) is 14.7 Å². The lowest BCUT2D eigenvalue weighted by Gasteiger charge is -2.30. The number of carbonyl (C=O) groups is 2. The molecule has 0 heterocycles. The van der Waals surface area contributed by atoms with Gasteiger partial charge in [-0.3, -0.25) is 13.8 Å². The maximum absolute atomic E-state index is 13.1. The highest BCUT2D eigenvalue weighted by Gasteiger charge is 2.35. The summed E-state index contributed by atoms with van der Waals surface area (Å²) < 4.78 is 63.7. The predicted molar refractivity (Wildman–Crippen MR) is 145 cm³/mol. The average molecular weight is 586 g/mol. The monoisotopic (exact) mass is 585 g/mol. The van der Waals surface area contributed by atoms with Crippen LogP contribution in [0.5, 0.6) is 11.5 Å². The van der Waals surface area contributed by atoms with Gasteiger partial charge in [-0.2, -0.15) is 0 Å². The molecule has 1 unspecified atom stereocenters. The zero-order valence-electron chi connectivity index (χ0n) is 22.7. The molecule has 2 aromatic carbocycles. The van der Waals surface area contributed by atoms with Crippen molar-refractivity contribution in [2.45, 2.75) is 51.2 Å². The van der Waals surface area contributed by atoms with Crippen LogP contribution in [0.1, 0.15) is 34.6 Å². The fourth-order valence-electron chi connectivity index (χ4n) is 3.18. The molecule has 216 valence electrons. The van der Waals surface area contributed by atoms with E-state index in [0.717, 1.165) is 4.67 Å². The van der Waals surface area contributed by atoms with Crippen LogP contribution in [0, 0.1) is 0 Å².